The fourth-order valence-corrected chi connectivity index (χ4v) is 2.69. The number of nitrogens with zero attached hydrogens (tertiary/aromatic N) is 1. The first-order valence-corrected chi connectivity index (χ1v) is 5.60. The Morgan fingerprint density at radius 1 is 1.29 bits per heavy atom. The molecule has 0 aliphatic carbocycles. The van der Waals surface area contributed by atoms with Crippen molar-refractivity contribution in [2.45, 2.75) is 0 Å². The summed E-state index contributed by atoms with van der Waals surface area (Å²) in [6, 6.07) is 8.03. The topological polar surface area (TPSA) is 3.01 Å². The van der Waals surface area contributed by atoms with Gasteiger partial charge in [-0.25, -0.2) is 4.58 Å². The van der Waals surface area contributed by atoms with Gasteiger partial charge in [0.1, 0.15) is 7.05 Å². The van der Waals surface area contributed by atoms with Crippen molar-refractivity contribution < 1.29 is 28.6 Å². The Balaban J connectivity index is 0.000000980. The molecule has 0 atom stereocenters. The van der Waals surface area contributed by atoms with Crippen molar-refractivity contribution in [1.82, 2.24) is 0 Å². The normalized spacial score (nSPS) is 15.6. The summed E-state index contributed by atoms with van der Waals surface area (Å²) in [6.45, 7) is 1.14. The molecule has 0 saturated carbocycles. The number of benzene rings is 1. The predicted molar refractivity (Wildman–Crippen MR) is 59.1 cm³/mol. The lowest BCUT2D eigenvalue weighted by atomic mass is 10.2. The number of hydrogen-bond donors (Lipinski definition) is 0. The lowest BCUT2D eigenvalue weighted by Gasteiger charge is -1.96. The molecule has 0 radical (unpaired) electrons. The molecule has 1 aromatic carbocycles. The van der Waals surface area contributed by atoms with Gasteiger partial charge < -0.3 is 24.0 Å². The van der Waals surface area contributed by atoms with Crippen molar-refractivity contribution in [3.05, 3.63) is 34.9 Å². The summed E-state index contributed by atoms with van der Waals surface area (Å²) in [7, 11) is 2.13. The SMILES string of the molecule is C[N+]1=C(c2ccc(Cl)cc2)SCC1.[I-]. The van der Waals surface area contributed by atoms with Crippen LogP contribution in [-0.2, 0) is 0 Å². The Morgan fingerprint density at radius 3 is 2.43 bits per heavy atom. The van der Waals surface area contributed by atoms with E-state index in [4.69, 9.17) is 11.6 Å². The third kappa shape index (κ3) is 2.64. The molecule has 0 bridgehead atoms. The fourth-order valence-electron chi connectivity index (χ4n) is 1.39. The van der Waals surface area contributed by atoms with Gasteiger partial charge in [-0.15, -0.1) is 0 Å². The van der Waals surface area contributed by atoms with E-state index in [1.165, 1.54) is 16.4 Å². The van der Waals surface area contributed by atoms with Gasteiger partial charge in [0, 0.05) is 5.02 Å². The summed E-state index contributed by atoms with van der Waals surface area (Å²) in [5.74, 6) is 1.19. The number of thioether (sulfide) groups is 1. The summed E-state index contributed by atoms with van der Waals surface area (Å²) in [5, 5.41) is 2.16. The zero-order valence-corrected chi connectivity index (χ0v) is 11.6. The third-order valence-corrected chi connectivity index (χ3v) is 3.56. The summed E-state index contributed by atoms with van der Waals surface area (Å²) in [6.07, 6.45) is 0. The van der Waals surface area contributed by atoms with Gasteiger partial charge >= 0.3 is 0 Å². The van der Waals surface area contributed by atoms with Crippen molar-refractivity contribution in [2.75, 3.05) is 19.3 Å². The number of rotatable bonds is 1. The maximum Gasteiger partial charge on any atom is 0.242 e. The molecule has 0 N–H and O–H groups in total. The highest BCUT2D eigenvalue weighted by molar-refractivity contribution is 8.14. The maximum absolute atomic E-state index is 5.83. The minimum Gasteiger partial charge on any atom is -1.00 e. The highest BCUT2D eigenvalue weighted by Crippen LogP contribution is 2.19. The molecule has 1 aromatic rings. The zero-order valence-electron chi connectivity index (χ0n) is 7.84. The van der Waals surface area contributed by atoms with Crippen molar-refractivity contribution in [1.29, 1.82) is 0 Å². The minimum atomic E-state index is 0. The van der Waals surface area contributed by atoms with Crippen LogP contribution in [0.1, 0.15) is 5.56 Å². The molecule has 0 spiro atoms. The quantitative estimate of drug-likeness (QED) is 0.492. The largest absolute Gasteiger partial charge is 1.00 e. The van der Waals surface area contributed by atoms with Crippen LogP contribution in [0.25, 0.3) is 0 Å². The van der Waals surface area contributed by atoms with E-state index in [9.17, 15) is 0 Å². The van der Waals surface area contributed by atoms with Gasteiger partial charge in [0.15, 0.2) is 6.54 Å². The summed E-state index contributed by atoms with van der Waals surface area (Å²) < 4.78 is 2.29. The molecule has 0 unspecified atom stereocenters. The van der Waals surface area contributed by atoms with Crippen LogP contribution in [0.15, 0.2) is 24.3 Å². The van der Waals surface area contributed by atoms with Crippen molar-refractivity contribution in [2.24, 2.45) is 0 Å². The molecule has 0 fully saturated rings. The Kier molecular flexibility index (Phi) is 4.73. The van der Waals surface area contributed by atoms with E-state index in [-0.39, 0.29) is 24.0 Å². The summed E-state index contributed by atoms with van der Waals surface area (Å²) in [5.41, 5.74) is 1.27. The zero-order chi connectivity index (χ0) is 9.26. The Morgan fingerprint density at radius 2 is 1.93 bits per heavy atom. The van der Waals surface area contributed by atoms with Crippen LogP contribution >= 0.6 is 23.4 Å². The van der Waals surface area contributed by atoms with Gasteiger partial charge in [0.2, 0.25) is 5.04 Å². The van der Waals surface area contributed by atoms with E-state index in [2.05, 4.69) is 23.8 Å². The van der Waals surface area contributed by atoms with E-state index in [1.807, 2.05) is 23.9 Å². The molecule has 2 rings (SSSR count). The van der Waals surface area contributed by atoms with Gasteiger partial charge in [-0.2, -0.15) is 0 Å². The Labute approximate surface area is 111 Å². The molecule has 1 aliphatic rings. The van der Waals surface area contributed by atoms with Gasteiger partial charge in [-0.3, -0.25) is 0 Å². The molecular weight excluding hydrogens is 329 g/mol. The number of halogens is 2. The third-order valence-electron chi connectivity index (χ3n) is 2.10. The Hall–Kier alpha value is 0.260. The first kappa shape index (κ1) is 12.3. The van der Waals surface area contributed by atoms with E-state index in [0.29, 0.717) is 0 Å². The second-order valence-electron chi connectivity index (χ2n) is 3.08. The van der Waals surface area contributed by atoms with Crippen LogP contribution in [0.3, 0.4) is 0 Å². The summed E-state index contributed by atoms with van der Waals surface area (Å²) >= 11 is 7.73. The highest BCUT2D eigenvalue weighted by atomic mass is 127. The first-order valence-electron chi connectivity index (χ1n) is 4.24. The summed E-state index contributed by atoms with van der Waals surface area (Å²) in [4.78, 5) is 0. The predicted octanol–water partition coefficient (Wildman–Crippen LogP) is -0.520. The van der Waals surface area contributed by atoms with Crippen LogP contribution in [0, 0.1) is 0 Å². The molecule has 0 aromatic heterocycles. The van der Waals surface area contributed by atoms with E-state index < -0.39 is 0 Å². The van der Waals surface area contributed by atoms with E-state index in [0.717, 1.165) is 11.6 Å². The monoisotopic (exact) mass is 339 g/mol. The molecule has 1 aliphatic heterocycles. The second-order valence-corrected chi connectivity index (χ2v) is 4.60. The number of hydrogen-bond acceptors (Lipinski definition) is 1. The second kappa shape index (κ2) is 5.37. The molecular formula is C10H11ClINS. The smallest absolute Gasteiger partial charge is 0.242 e. The minimum absolute atomic E-state index is 0. The molecule has 1 nitrogen and oxygen atoms in total. The average Bonchev–Trinajstić information content (AvgIpc) is 2.53. The van der Waals surface area contributed by atoms with E-state index >= 15 is 0 Å². The maximum atomic E-state index is 5.83. The van der Waals surface area contributed by atoms with Crippen LogP contribution in [0.5, 0.6) is 0 Å². The van der Waals surface area contributed by atoms with Crippen LogP contribution in [0.4, 0.5) is 0 Å². The standard InChI is InChI=1S/C10H11ClNS.HI/c1-12-6-7-13-10(12)8-2-4-9(11)5-3-8;/h2-5H,6-7H2,1H3;1H/q+1;/p-1. The molecule has 76 valence electrons. The van der Waals surface area contributed by atoms with Crippen LogP contribution in [0.2, 0.25) is 5.02 Å². The van der Waals surface area contributed by atoms with E-state index in [1.54, 1.807) is 0 Å². The van der Waals surface area contributed by atoms with Crippen LogP contribution in [-0.4, -0.2) is 29.0 Å². The van der Waals surface area contributed by atoms with Gasteiger partial charge in [0.25, 0.3) is 0 Å². The van der Waals surface area contributed by atoms with Crippen molar-refractivity contribution in [3.63, 3.8) is 0 Å². The Bertz CT molecular complexity index is 348. The van der Waals surface area contributed by atoms with Crippen molar-refractivity contribution >= 4 is 28.4 Å². The lowest BCUT2D eigenvalue weighted by molar-refractivity contribution is -0.485. The lowest BCUT2D eigenvalue weighted by Crippen LogP contribution is -3.00. The molecule has 1 heterocycles. The molecule has 14 heavy (non-hydrogen) atoms. The van der Waals surface area contributed by atoms with Crippen LogP contribution < -0.4 is 24.0 Å². The molecule has 4 heteroatoms. The molecule has 0 amide bonds. The first-order chi connectivity index (χ1) is 6.27. The fraction of sp³-hybridized carbons (Fsp3) is 0.300. The highest BCUT2D eigenvalue weighted by Gasteiger charge is 2.20. The van der Waals surface area contributed by atoms with Gasteiger partial charge in [-0.05, 0) is 24.3 Å². The average molecular weight is 340 g/mol. The van der Waals surface area contributed by atoms with Gasteiger partial charge in [-0.1, -0.05) is 23.4 Å². The molecule has 0 saturated heterocycles. The van der Waals surface area contributed by atoms with Gasteiger partial charge in [0.05, 0.1) is 11.3 Å². The van der Waals surface area contributed by atoms with Crippen molar-refractivity contribution in [3.8, 4) is 0 Å².